The Hall–Kier alpha value is -2.70. The van der Waals surface area contributed by atoms with Gasteiger partial charge in [0.1, 0.15) is 0 Å². The monoisotopic (exact) mass is 378 g/mol. The zero-order valence-electron chi connectivity index (χ0n) is 16.2. The summed E-state index contributed by atoms with van der Waals surface area (Å²) in [6.07, 6.45) is 0.758. The Balaban J connectivity index is 1.49. The van der Waals surface area contributed by atoms with E-state index in [9.17, 15) is 9.59 Å². The molecule has 2 aromatic carbocycles. The van der Waals surface area contributed by atoms with E-state index < -0.39 is 0 Å². The number of benzene rings is 2. The lowest BCUT2D eigenvalue weighted by molar-refractivity contribution is 0.0875. The van der Waals surface area contributed by atoms with Crippen LogP contribution < -0.4 is 11.2 Å². The second kappa shape index (κ2) is 8.12. The van der Waals surface area contributed by atoms with E-state index in [1.807, 2.05) is 18.2 Å². The fourth-order valence-electron chi connectivity index (χ4n) is 4.05. The summed E-state index contributed by atoms with van der Waals surface area (Å²) in [6.45, 7) is 4.28. The molecular weight excluding hydrogens is 352 g/mol. The number of aromatic amines is 1. The van der Waals surface area contributed by atoms with Gasteiger partial charge >= 0.3 is 5.69 Å². The topological polar surface area (TPSA) is 61.3 Å². The zero-order chi connectivity index (χ0) is 19.5. The number of hydrogen-bond acceptors (Lipinski definition) is 4. The third kappa shape index (κ3) is 3.79. The van der Waals surface area contributed by atoms with E-state index in [4.69, 9.17) is 0 Å². The first kappa shape index (κ1) is 18.7. The van der Waals surface area contributed by atoms with Gasteiger partial charge in [-0.15, -0.1) is 0 Å². The number of aromatic nitrogens is 2. The van der Waals surface area contributed by atoms with Crippen molar-refractivity contribution < 1.29 is 0 Å². The molecule has 4 rings (SSSR count). The summed E-state index contributed by atoms with van der Waals surface area (Å²) < 4.78 is 1.33. The molecule has 0 bridgehead atoms. The molecule has 1 aliphatic heterocycles. The van der Waals surface area contributed by atoms with E-state index in [0.717, 1.165) is 32.6 Å². The van der Waals surface area contributed by atoms with Crippen molar-refractivity contribution in [3.8, 4) is 0 Å². The van der Waals surface area contributed by atoms with Crippen molar-refractivity contribution in [2.24, 2.45) is 0 Å². The smallest absolute Gasteiger partial charge is 0.307 e. The second-order valence-electron chi connectivity index (χ2n) is 7.51. The summed E-state index contributed by atoms with van der Waals surface area (Å²) in [7, 11) is 2.15. The predicted octanol–water partition coefficient (Wildman–Crippen LogP) is 2.07. The van der Waals surface area contributed by atoms with Gasteiger partial charge in [0.05, 0.1) is 10.9 Å². The molecule has 1 N–H and O–H groups in total. The van der Waals surface area contributed by atoms with Crippen LogP contribution in [0.5, 0.6) is 0 Å². The quantitative estimate of drug-likeness (QED) is 0.738. The van der Waals surface area contributed by atoms with Gasteiger partial charge in [-0.1, -0.05) is 42.5 Å². The molecule has 0 saturated carbocycles. The number of para-hydroxylation sites is 1. The van der Waals surface area contributed by atoms with Crippen LogP contribution in [0.15, 0.2) is 64.2 Å². The Kier molecular flexibility index (Phi) is 5.41. The highest BCUT2D eigenvalue weighted by atomic mass is 16.2. The Morgan fingerprint density at radius 3 is 2.54 bits per heavy atom. The number of H-pyrrole nitrogens is 1. The number of nitrogens with one attached hydrogen (secondary N) is 1. The molecule has 0 aliphatic carbocycles. The van der Waals surface area contributed by atoms with Crippen LogP contribution in [-0.2, 0) is 6.54 Å². The molecule has 1 fully saturated rings. The molecule has 1 saturated heterocycles. The highest BCUT2D eigenvalue weighted by molar-refractivity contribution is 5.76. The third-order valence-electron chi connectivity index (χ3n) is 5.60. The van der Waals surface area contributed by atoms with Crippen LogP contribution in [0.4, 0.5) is 0 Å². The number of rotatable bonds is 5. The molecule has 0 amide bonds. The van der Waals surface area contributed by atoms with Crippen LogP contribution in [0.25, 0.3) is 10.9 Å². The molecule has 2 heterocycles. The van der Waals surface area contributed by atoms with Gasteiger partial charge in [0.25, 0.3) is 5.56 Å². The van der Waals surface area contributed by atoms with Crippen LogP contribution in [0, 0.1) is 0 Å². The highest BCUT2D eigenvalue weighted by Gasteiger charge is 2.26. The number of fused-ring (bicyclic) bond motifs is 1. The maximum absolute atomic E-state index is 12.7. The lowest BCUT2D eigenvalue weighted by Gasteiger charge is -2.40. The molecule has 3 aromatic rings. The predicted molar refractivity (Wildman–Crippen MR) is 112 cm³/mol. The SMILES string of the molecule is CN1CCN(CCCn2c(=O)[nH]c3ccccc3c2=O)[C@@H](c2ccccc2)C1. The fourth-order valence-corrected chi connectivity index (χ4v) is 4.05. The largest absolute Gasteiger partial charge is 0.328 e. The van der Waals surface area contributed by atoms with Crippen molar-refractivity contribution in [3.63, 3.8) is 0 Å². The van der Waals surface area contributed by atoms with E-state index in [1.165, 1.54) is 10.1 Å². The van der Waals surface area contributed by atoms with Crippen molar-refractivity contribution >= 4 is 10.9 Å². The van der Waals surface area contributed by atoms with E-state index in [1.54, 1.807) is 12.1 Å². The molecule has 6 heteroatoms. The Morgan fingerprint density at radius 1 is 0.964 bits per heavy atom. The minimum Gasteiger partial charge on any atom is -0.307 e. The van der Waals surface area contributed by atoms with E-state index in [2.05, 4.69) is 46.1 Å². The van der Waals surface area contributed by atoms with Gasteiger partial charge < -0.3 is 9.88 Å². The maximum atomic E-state index is 12.7. The molecule has 0 radical (unpaired) electrons. The second-order valence-corrected chi connectivity index (χ2v) is 7.51. The molecule has 28 heavy (non-hydrogen) atoms. The van der Waals surface area contributed by atoms with E-state index >= 15 is 0 Å². The maximum Gasteiger partial charge on any atom is 0.328 e. The Bertz CT molecular complexity index is 1060. The molecule has 0 spiro atoms. The van der Waals surface area contributed by atoms with Crippen LogP contribution >= 0.6 is 0 Å². The van der Waals surface area contributed by atoms with Crippen LogP contribution in [-0.4, -0.2) is 52.6 Å². The van der Waals surface area contributed by atoms with E-state index in [0.29, 0.717) is 23.5 Å². The molecule has 1 atom stereocenters. The molecule has 1 aliphatic rings. The van der Waals surface area contributed by atoms with Crippen molar-refractivity contribution in [2.75, 3.05) is 33.2 Å². The Labute approximate surface area is 164 Å². The van der Waals surface area contributed by atoms with E-state index in [-0.39, 0.29) is 11.2 Å². The first-order valence-electron chi connectivity index (χ1n) is 9.83. The third-order valence-corrected chi connectivity index (χ3v) is 5.60. The number of nitrogens with zero attached hydrogens (tertiary/aromatic N) is 3. The molecule has 1 aromatic heterocycles. The van der Waals surface area contributed by atoms with Crippen molar-refractivity contribution in [3.05, 3.63) is 81.0 Å². The van der Waals surface area contributed by atoms with Crippen molar-refractivity contribution in [1.82, 2.24) is 19.4 Å². The standard InChI is InChI=1S/C22H26N4O2/c1-24-14-15-25(20(16-24)17-8-3-2-4-9-17)12-7-13-26-21(27)18-10-5-6-11-19(18)23-22(26)28/h2-6,8-11,20H,7,12-16H2,1H3,(H,23,28)/t20-/m1/s1. The zero-order valence-corrected chi connectivity index (χ0v) is 16.2. The lowest BCUT2D eigenvalue weighted by atomic mass is 10.0. The van der Waals surface area contributed by atoms with Crippen LogP contribution in [0.2, 0.25) is 0 Å². The average molecular weight is 378 g/mol. The Morgan fingerprint density at radius 2 is 1.71 bits per heavy atom. The van der Waals surface area contributed by atoms with Gasteiger partial charge in [0, 0.05) is 38.8 Å². The minimum atomic E-state index is -0.332. The van der Waals surface area contributed by atoms with Gasteiger partial charge in [-0.3, -0.25) is 14.3 Å². The fraction of sp³-hybridized carbons (Fsp3) is 0.364. The van der Waals surface area contributed by atoms with Gasteiger partial charge in [-0.05, 0) is 31.2 Å². The molecule has 6 nitrogen and oxygen atoms in total. The number of piperazine rings is 1. The summed E-state index contributed by atoms with van der Waals surface area (Å²) >= 11 is 0. The number of hydrogen-bond donors (Lipinski definition) is 1. The first-order chi connectivity index (χ1) is 13.6. The highest BCUT2D eigenvalue weighted by Crippen LogP contribution is 2.24. The average Bonchev–Trinajstić information content (AvgIpc) is 2.72. The first-order valence-corrected chi connectivity index (χ1v) is 9.83. The normalized spacial score (nSPS) is 18.5. The van der Waals surface area contributed by atoms with Crippen molar-refractivity contribution in [1.29, 1.82) is 0 Å². The molecule has 0 unspecified atom stereocenters. The summed E-state index contributed by atoms with van der Waals surface area (Å²) in [5.74, 6) is 0. The van der Waals surface area contributed by atoms with Gasteiger partial charge in [-0.25, -0.2) is 4.79 Å². The summed E-state index contributed by atoms with van der Waals surface area (Å²) in [6, 6.07) is 18.1. The minimum absolute atomic E-state index is 0.211. The number of likely N-dealkylation sites (N-methyl/N-ethyl adjacent to an activating group) is 1. The summed E-state index contributed by atoms with van der Waals surface area (Å²) in [5, 5.41) is 0.559. The molecule has 146 valence electrons. The summed E-state index contributed by atoms with van der Waals surface area (Å²) in [5.41, 5.74) is 1.37. The lowest BCUT2D eigenvalue weighted by Crippen LogP contribution is -2.47. The van der Waals surface area contributed by atoms with Gasteiger partial charge in [0.2, 0.25) is 0 Å². The molecular formula is C22H26N4O2. The van der Waals surface area contributed by atoms with Gasteiger partial charge in [0.15, 0.2) is 0 Å². The van der Waals surface area contributed by atoms with Crippen LogP contribution in [0.3, 0.4) is 0 Å². The van der Waals surface area contributed by atoms with Crippen LogP contribution in [0.1, 0.15) is 18.0 Å². The van der Waals surface area contributed by atoms with Crippen molar-refractivity contribution in [2.45, 2.75) is 19.0 Å². The summed E-state index contributed by atoms with van der Waals surface area (Å²) in [4.78, 5) is 32.7. The van der Waals surface area contributed by atoms with Gasteiger partial charge in [-0.2, -0.15) is 0 Å².